The highest BCUT2D eigenvalue weighted by molar-refractivity contribution is 7.10. The molecule has 36 heavy (non-hydrogen) atoms. The number of fused-ring (bicyclic) bond motifs is 1. The summed E-state index contributed by atoms with van der Waals surface area (Å²) in [7, 11) is 7.30. The Morgan fingerprint density at radius 2 is 1.67 bits per heavy atom. The molecule has 1 aliphatic rings. The van der Waals surface area contributed by atoms with E-state index in [1.807, 2.05) is 0 Å². The van der Waals surface area contributed by atoms with Gasteiger partial charge in [-0.1, -0.05) is 17.4 Å². The Bertz CT molecular complexity index is 1340. The summed E-state index contributed by atoms with van der Waals surface area (Å²) in [6, 6.07) is 10.5. The minimum absolute atomic E-state index is 0.0705. The van der Waals surface area contributed by atoms with E-state index in [4.69, 9.17) is 23.7 Å². The lowest BCUT2D eigenvalue weighted by molar-refractivity contribution is -0.141. The number of thiazole rings is 1. The number of methoxy groups -OCH3 is 5. The lowest BCUT2D eigenvalue weighted by Crippen LogP contribution is -2.36. The number of anilines is 2. The molecule has 0 saturated carbocycles. The fourth-order valence-corrected chi connectivity index (χ4v) is 5.37. The second-order valence-corrected chi connectivity index (χ2v) is 8.86. The Morgan fingerprint density at radius 3 is 2.25 bits per heavy atom. The van der Waals surface area contributed by atoms with Gasteiger partial charge in [0, 0.05) is 18.4 Å². The van der Waals surface area contributed by atoms with E-state index in [9.17, 15) is 14.4 Å². The van der Waals surface area contributed by atoms with Crippen molar-refractivity contribution in [3.63, 3.8) is 0 Å². The zero-order valence-electron chi connectivity index (χ0n) is 20.5. The molecule has 0 unspecified atom stereocenters. The van der Waals surface area contributed by atoms with Crippen molar-refractivity contribution in [1.82, 2.24) is 4.57 Å². The van der Waals surface area contributed by atoms with Crippen molar-refractivity contribution >= 4 is 34.7 Å². The molecule has 0 saturated heterocycles. The Kier molecular flexibility index (Phi) is 7.20. The Labute approximate surface area is 211 Å². The first-order chi connectivity index (χ1) is 17.4. The fraction of sp³-hybridized carbons (Fsp3) is 0.320. The van der Waals surface area contributed by atoms with Gasteiger partial charge in [0.05, 0.1) is 46.1 Å². The van der Waals surface area contributed by atoms with Crippen LogP contribution in [0.2, 0.25) is 0 Å². The van der Waals surface area contributed by atoms with Crippen molar-refractivity contribution < 1.29 is 33.3 Å². The maximum absolute atomic E-state index is 13.7. The third-order valence-corrected chi connectivity index (χ3v) is 7.05. The largest absolute Gasteiger partial charge is 0.497 e. The number of carbonyl (C=O) groups excluding carboxylic acids is 2. The minimum atomic E-state index is -0.606. The number of esters is 1. The van der Waals surface area contributed by atoms with Gasteiger partial charge in [0.15, 0.2) is 11.5 Å². The smallest absolute Gasteiger partial charge is 0.325 e. The van der Waals surface area contributed by atoms with Crippen LogP contribution in [0.3, 0.4) is 0 Å². The van der Waals surface area contributed by atoms with Crippen LogP contribution in [0.25, 0.3) is 0 Å². The van der Waals surface area contributed by atoms with Gasteiger partial charge in [0.1, 0.15) is 18.1 Å². The van der Waals surface area contributed by atoms with Gasteiger partial charge >= 0.3 is 10.8 Å². The van der Waals surface area contributed by atoms with E-state index >= 15 is 0 Å². The van der Waals surface area contributed by atoms with Crippen LogP contribution in [0, 0.1) is 0 Å². The van der Waals surface area contributed by atoms with Crippen LogP contribution in [0.15, 0.2) is 41.2 Å². The molecule has 0 fully saturated rings. The summed E-state index contributed by atoms with van der Waals surface area (Å²) in [6.07, 6.45) is 0.0705. The van der Waals surface area contributed by atoms with Crippen LogP contribution >= 0.6 is 11.3 Å². The summed E-state index contributed by atoms with van der Waals surface area (Å²) in [5.41, 5.74) is 1.22. The monoisotopic (exact) mass is 514 g/mol. The number of hydrogen-bond donors (Lipinski definition) is 0. The standard InChI is InChI=1S/C25H26N2O8S/c1-31-16-8-6-7-15(11-16)27-20(28)12-17(14-9-18(32-2)22(35-5)19(10-14)33-3)23-24(27)26(25(30)36-23)13-21(29)34-4/h6-11,17H,12-13H2,1-5H3/t17-/m0/s1. The number of ether oxygens (including phenoxy) is 5. The normalized spacial score (nSPS) is 14.8. The molecule has 0 bridgehead atoms. The molecule has 11 heteroatoms. The summed E-state index contributed by atoms with van der Waals surface area (Å²) in [4.78, 5) is 40.7. The summed E-state index contributed by atoms with van der Waals surface area (Å²) < 4.78 is 27.8. The summed E-state index contributed by atoms with van der Waals surface area (Å²) in [5, 5.41) is 0. The van der Waals surface area contributed by atoms with Crippen LogP contribution in [0.5, 0.6) is 23.0 Å². The number of rotatable bonds is 8. The lowest BCUT2D eigenvalue weighted by Gasteiger charge is -2.33. The third kappa shape index (κ3) is 4.37. The predicted molar refractivity (Wildman–Crippen MR) is 133 cm³/mol. The van der Waals surface area contributed by atoms with Gasteiger partial charge in [-0.3, -0.25) is 23.9 Å². The van der Waals surface area contributed by atoms with Gasteiger partial charge in [-0.15, -0.1) is 0 Å². The summed E-state index contributed by atoms with van der Waals surface area (Å²) in [5.74, 6) is 0.788. The van der Waals surface area contributed by atoms with E-state index in [2.05, 4.69) is 0 Å². The molecular weight excluding hydrogens is 488 g/mol. The number of hydrogen-bond acceptors (Lipinski definition) is 9. The molecule has 0 radical (unpaired) electrons. The van der Waals surface area contributed by atoms with Crippen LogP contribution in [0.4, 0.5) is 11.5 Å². The van der Waals surface area contributed by atoms with Gasteiger partial charge in [-0.05, 0) is 29.8 Å². The molecule has 0 aliphatic carbocycles. The number of benzene rings is 2. The zero-order valence-corrected chi connectivity index (χ0v) is 21.3. The Balaban J connectivity index is 1.95. The highest BCUT2D eigenvalue weighted by atomic mass is 32.1. The van der Waals surface area contributed by atoms with Crippen molar-refractivity contribution in [3.8, 4) is 23.0 Å². The maximum Gasteiger partial charge on any atom is 0.325 e. The topological polar surface area (TPSA) is 106 Å². The summed E-state index contributed by atoms with van der Waals surface area (Å²) >= 11 is 0.981. The highest BCUT2D eigenvalue weighted by Gasteiger charge is 2.39. The van der Waals surface area contributed by atoms with Crippen molar-refractivity contribution in [2.75, 3.05) is 40.4 Å². The van der Waals surface area contributed by atoms with Crippen LogP contribution < -0.4 is 28.7 Å². The van der Waals surface area contributed by atoms with Crippen LogP contribution in [0.1, 0.15) is 22.8 Å². The quantitative estimate of drug-likeness (QED) is 0.422. The van der Waals surface area contributed by atoms with Gasteiger partial charge in [0.25, 0.3) is 0 Å². The number of nitrogens with zero attached hydrogens (tertiary/aromatic N) is 2. The fourth-order valence-electron chi connectivity index (χ4n) is 4.27. The zero-order chi connectivity index (χ0) is 26.0. The van der Waals surface area contributed by atoms with Gasteiger partial charge in [-0.25, -0.2) is 0 Å². The lowest BCUT2D eigenvalue weighted by atomic mass is 9.89. The van der Waals surface area contributed by atoms with Crippen LogP contribution in [-0.4, -0.2) is 52.0 Å². The van der Waals surface area contributed by atoms with E-state index in [0.717, 1.165) is 11.3 Å². The van der Waals surface area contributed by atoms with E-state index in [1.54, 1.807) is 36.4 Å². The van der Waals surface area contributed by atoms with Crippen molar-refractivity contribution in [2.45, 2.75) is 18.9 Å². The third-order valence-electron chi connectivity index (χ3n) is 5.97. The molecule has 1 aromatic heterocycles. The van der Waals surface area contributed by atoms with E-state index < -0.39 is 11.9 Å². The molecule has 2 aromatic carbocycles. The van der Waals surface area contributed by atoms with Crippen molar-refractivity contribution in [3.05, 3.63) is 56.5 Å². The second kappa shape index (κ2) is 10.3. The molecular formula is C25H26N2O8S. The molecule has 4 rings (SSSR count). The van der Waals surface area contributed by atoms with E-state index in [-0.39, 0.29) is 23.7 Å². The number of aromatic nitrogens is 1. The maximum atomic E-state index is 13.7. The minimum Gasteiger partial charge on any atom is -0.497 e. The first kappa shape index (κ1) is 25.1. The van der Waals surface area contributed by atoms with Gasteiger partial charge in [-0.2, -0.15) is 0 Å². The first-order valence-corrected chi connectivity index (χ1v) is 11.8. The van der Waals surface area contributed by atoms with Crippen molar-refractivity contribution in [2.24, 2.45) is 0 Å². The van der Waals surface area contributed by atoms with Crippen molar-refractivity contribution in [1.29, 1.82) is 0 Å². The van der Waals surface area contributed by atoms with Gasteiger partial charge < -0.3 is 23.7 Å². The van der Waals surface area contributed by atoms with Crippen LogP contribution in [-0.2, 0) is 20.9 Å². The number of amides is 1. The van der Waals surface area contributed by atoms with Gasteiger partial charge in [0.2, 0.25) is 11.7 Å². The molecule has 2 heterocycles. The molecule has 1 amide bonds. The molecule has 3 aromatic rings. The van der Waals surface area contributed by atoms with E-state index in [1.165, 1.54) is 45.0 Å². The molecule has 0 N–H and O–H groups in total. The summed E-state index contributed by atoms with van der Waals surface area (Å²) in [6.45, 7) is -0.336. The second-order valence-electron chi connectivity index (χ2n) is 7.86. The number of carbonyl (C=O) groups is 2. The predicted octanol–water partition coefficient (Wildman–Crippen LogP) is 3.32. The molecule has 0 spiro atoms. The molecule has 10 nitrogen and oxygen atoms in total. The Morgan fingerprint density at radius 1 is 0.972 bits per heavy atom. The SMILES string of the molecule is COC(=O)Cn1c2c(sc1=O)[C@H](c1cc(OC)c(OC)c(OC)c1)CC(=O)N2c1cccc(OC)c1. The molecule has 1 aliphatic heterocycles. The molecule has 190 valence electrons. The average molecular weight is 515 g/mol. The van der Waals surface area contributed by atoms with E-state index in [0.29, 0.717) is 44.9 Å². The highest BCUT2D eigenvalue weighted by Crippen LogP contribution is 2.48. The Hall–Kier alpha value is -3.99. The molecule has 1 atom stereocenters. The average Bonchev–Trinajstić information content (AvgIpc) is 3.22. The first-order valence-electron chi connectivity index (χ1n) is 10.9.